The molecule has 0 atom stereocenters. The van der Waals surface area contributed by atoms with E-state index >= 15 is 0 Å². The van der Waals surface area contributed by atoms with Crippen LogP contribution in [0.1, 0.15) is 47.1 Å². The molecule has 0 saturated carbocycles. The number of carbonyl (C=O) groups is 3. The number of rotatable bonds is 7. The number of amides is 3. The first kappa shape index (κ1) is 25.9. The number of benzene rings is 3. The summed E-state index contributed by atoms with van der Waals surface area (Å²) in [5.41, 5.74) is 6.49. The Bertz CT molecular complexity index is 1260. The van der Waals surface area contributed by atoms with Gasteiger partial charge in [0.05, 0.1) is 4.92 Å². The van der Waals surface area contributed by atoms with E-state index in [0.29, 0.717) is 11.3 Å². The van der Waals surface area contributed by atoms with Gasteiger partial charge in [-0.3, -0.25) is 35.3 Å². The van der Waals surface area contributed by atoms with Gasteiger partial charge in [0.15, 0.2) is 12.4 Å². The standard InChI is InChI=1S/C26H26N4O6/c1-26(2,3)19-12-8-17(9-13-19)24(32)27-20-14-10-18(11-15-20)25(33)29-28-23(31)16-36-22-7-5-4-6-21(22)30(34)35/h4-15H,16H2,1-3H3,(H,27,32)(H,28,31)(H,29,33). The maximum absolute atomic E-state index is 12.5. The maximum atomic E-state index is 12.5. The van der Waals surface area contributed by atoms with Crippen LogP contribution in [0.5, 0.6) is 5.75 Å². The third-order valence-corrected chi connectivity index (χ3v) is 5.15. The van der Waals surface area contributed by atoms with Crippen molar-refractivity contribution >= 4 is 29.1 Å². The van der Waals surface area contributed by atoms with Crippen LogP contribution in [0.2, 0.25) is 0 Å². The molecule has 0 aromatic heterocycles. The quantitative estimate of drug-likeness (QED) is 0.338. The molecule has 3 N–H and O–H groups in total. The minimum atomic E-state index is -0.706. The minimum Gasteiger partial charge on any atom is -0.477 e. The van der Waals surface area contributed by atoms with E-state index in [9.17, 15) is 24.5 Å². The molecule has 10 nitrogen and oxygen atoms in total. The molecular weight excluding hydrogens is 464 g/mol. The van der Waals surface area contributed by atoms with Crippen molar-refractivity contribution in [2.24, 2.45) is 0 Å². The lowest BCUT2D eigenvalue weighted by Crippen LogP contribution is -2.43. The monoisotopic (exact) mass is 490 g/mol. The molecule has 3 aromatic rings. The van der Waals surface area contributed by atoms with Gasteiger partial charge in [0.1, 0.15) is 0 Å². The average Bonchev–Trinajstić information content (AvgIpc) is 2.86. The lowest BCUT2D eigenvalue weighted by atomic mass is 9.87. The van der Waals surface area contributed by atoms with Crippen LogP contribution in [0.25, 0.3) is 0 Å². The van der Waals surface area contributed by atoms with Crippen LogP contribution in [-0.4, -0.2) is 29.3 Å². The molecule has 0 saturated heterocycles. The molecule has 0 aliphatic carbocycles. The molecule has 3 rings (SSSR count). The Hall–Kier alpha value is -4.73. The number of hydrazine groups is 1. The fourth-order valence-corrected chi connectivity index (χ4v) is 3.14. The van der Waals surface area contributed by atoms with Gasteiger partial charge in [-0.05, 0) is 53.4 Å². The van der Waals surface area contributed by atoms with Crippen LogP contribution in [0.15, 0.2) is 72.8 Å². The summed E-state index contributed by atoms with van der Waals surface area (Å²) < 4.78 is 5.17. The molecule has 36 heavy (non-hydrogen) atoms. The van der Waals surface area contributed by atoms with E-state index in [1.165, 1.54) is 36.4 Å². The Morgan fingerprint density at radius 2 is 1.42 bits per heavy atom. The van der Waals surface area contributed by atoms with E-state index in [4.69, 9.17) is 4.74 Å². The van der Waals surface area contributed by atoms with Crippen molar-refractivity contribution in [3.63, 3.8) is 0 Å². The zero-order valence-electron chi connectivity index (χ0n) is 20.0. The van der Waals surface area contributed by atoms with E-state index in [1.54, 1.807) is 24.3 Å². The maximum Gasteiger partial charge on any atom is 0.310 e. The second-order valence-electron chi connectivity index (χ2n) is 8.87. The van der Waals surface area contributed by atoms with Crippen LogP contribution in [-0.2, 0) is 10.2 Å². The molecule has 186 valence electrons. The highest BCUT2D eigenvalue weighted by molar-refractivity contribution is 6.04. The van der Waals surface area contributed by atoms with Gasteiger partial charge in [0, 0.05) is 22.9 Å². The van der Waals surface area contributed by atoms with Gasteiger partial charge in [-0.2, -0.15) is 0 Å². The summed E-state index contributed by atoms with van der Waals surface area (Å²) in [6.45, 7) is 5.75. The number of nitro benzene ring substituents is 1. The van der Waals surface area contributed by atoms with Crippen molar-refractivity contribution in [3.05, 3.63) is 99.6 Å². The van der Waals surface area contributed by atoms with Crippen molar-refractivity contribution in [3.8, 4) is 5.75 Å². The number of carbonyl (C=O) groups excluding carboxylic acids is 3. The number of nitrogens with zero attached hydrogens (tertiary/aromatic N) is 1. The predicted octanol–water partition coefficient (Wildman–Crippen LogP) is 3.98. The fourth-order valence-electron chi connectivity index (χ4n) is 3.14. The molecule has 0 aliphatic rings. The van der Waals surface area contributed by atoms with E-state index < -0.39 is 23.3 Å². The summed E-state index contributed by atoms with van der Waals surface area (Å²) >= 11 is 0. The van der Waals surface area contributed by atoms with Crippen molar-refractivity contribution in [2.75, 3.05) is 11.9 Å². The number of hydrogen-bond donors (Lipinski definition) is 3. The van der Waals surface area contributed by atoms with Crippen molar-refractivity contribution < 1.29 is 24.0 Å². The number of hydrogen-bond acceptors (Lipinski definition) is 6. The summed E-state index contributed by atoms with van der Waals surface area (Å²) in [6, 6.07) is 19.1. The topological polar surface area (TPSA) is 140 Å². The van der Waals surface area contributed by atoms with Crippen LogP contribution in [0, 0.1) is 10.1 Å². The Balaban J connectivity index is 1.49. The van der Waals surface area contributed by atoms with Gasteiger partial charge in [0.2, 0.25) is 0 Å². The van der Waals surface area contributed by atoms with Gasteiger partial charge in [-0.25, -0.2) is 0 Å². The molecule has 0 radical (unpaired) electrons. The molecule has 3 amide bonds. The third-order valence-electron chi connectivity index (χ3n) is 5.15. The Morgan fingerprint density at radius 1 is 0.833 bits per heavy atom. The normalized spacial score (nSPS) is 10.8. The predicted molar refractivity (Wildman–Crippen MR) is 134 cm³/mol. The van der Waals surface area contributed by atoms with E-state index in [2.05, 4.69) is 36.9 Å². The highest BCUT2D eigenvalue weighted by Crippen LogP contribution is 2.25. The second-order valence-corrected chi connectivity index (χ2v) is 8.87. The summed E-state index contributed by atoms with van der Waals surface area (Å²) in [6.07, 6.45) is 0. The molecule has 0 heterocycles. The first-order valence-electron chi connectivity index (χ1n) is 11.0. The number of para-hydroxylation sites is 2. The summed E-state index contributed by atoms with van der Waals surface area (Å²) in [5.74, 6) is -1.64. The number of ether oxygens (including phenoxy) is 1. The van der Waals surface area contributed by atoms with Gasteiger partial charge in [-0.1, -0.05) is 45.0 Å². The summed E-state index contributed by atoms with van der Waals surface area (Å²) in [5, 5.41) is 13.8. The highest BCUT2D eigenvalue weighted by Gasteiger charge is 2.16. The molecule has 0 unspecified atom stereocenters. The Labute approximate surface area is 207 Å². The molecule has 0 fully saturated rings. The number of nitrogens with one attached hydrogen (secondary N) is 3. The molecular formula is C26H26N4O6. The SMILES string of the molecule is CC(C)(C)c1ccc(C(=O)Nc2ccc(C(=O)NNC(=O)COc3ccccc3[N+](=O)[O-])cc2)cc1. The third kappa shape index (κ3) is 6.89. The lowest BCUT2D eigenvalue weighted by molar-refractivity contribution is -0.385. The number of nitro groups is 1. The van der Waals surface area contributed by atoms with Gasteiger partial charge >= 0.3 is 5.69 Å². The first-order chi connectivity index (χ1) is 17.0. The summed E-state index contributed by atoms with van der Waals surface area (Å²) in [7, 11) is 0. The van der Waals surface area contributed by atoms with E-state index in [-0.39, 0.29) is 28.3 Å². The molecule has 10 heteroatoms. The van der Waals surface area contributed by atoms with Gasteiger partial charge < -0.3 is 10.1 Å². The molecule has 0 aliphatic heterocycles. The van der Waals surface area contributed by atoms with E-state index in [0.717, 1.165) is 5.56 Å². The van der Waals surface area contributed by atoms with E-state index in [1.807, 2.05) is 12.1 Å². The van der Waals surface area contributed by atoms with Crippen molar-refractivity contribution in [1.29, 1.82) is 0 Å². The first-order valence-corrected chi connectivity index (χ1v) is 11.0. The smallest absolute Gasteiger partial charge is 0.310 e. The lowest BCUT2D eigenvalue weighted by Gasteiger charge is -2.19. The van der Waals surface area contributed by atoms with Crippen LogP contribution in [0.4, 0.5) is 11.4 Å². The Kier molecular flexibility index (Phi) is 8.00. The van der Waals surface area contributed by atoms with Crippen molar-refractivity contribution in [1.82, 2.24) is 10.9 Å². The fraction of sp³-hybridized carbons (Fsp3) is 0.192. The van der Waals surface area contributed by atoms with Gasteiger partial charge in [-0.15, -0.1) is 0 Å². The minimum absolute atomic E-state index is 0.0133. The largest absolute Gasteiger partial charge is 0.477 e. The number of anilines is 1. The average molecular weight is 491 g/mol. The second kappa shape index (κ2) is 11.1. The highest BCUT2D eigenvalue weighted by atomic mass is 16.6. The van der Waals surface area contributed by atoms with Crippen molar-refractivity contribution in [2.45, 2.75) is 26.2 Å². The molecule has 0 bridgehead atoms. The molecule has 0 spiro atoms. The molecule has 3 aromatic carbocycles. The van der Waals surface area contributed by atoms with Crippen LogP contribution < -0.4 is 20.9 Å². The van der Waals surface area contributed by atoms with Crippen LogP contribution in [0.3, 0.4) is 0 Å². The zero-order chi connectivity index (χ0) is 26.3. The zero-order valence-corrected chi connectivity index (χ0v) is 20.0. The summed E-state index contributed by atoms with van der Waals surface area (Å²) in [4.78, 5) is 47.1. The van der Waals surface area contributed by atoms with Crippen LogP contribution >= 0.6 is 0 Å². The Morgan fingerprint density at radius 3 is 2.03 bits per heavy atom. The van der Waals surface area contributed by atoms with Gasteiger partial charge in [0.25, 0.3) is 17.7 Å².